The molecule has 0 aliphatic rings. The molecular formula is C30H38N6O7. The number of nitrogens with one attached hydrogen (secondary N) is 4. The second-order valence-electron chi connectivity index (χ2n) is 10.7. The zero-order chi connectivity index (χ0) is 31.7. The maximum Gasteiger partial charge on any atom is 0.326 e. The van der Waals surface area contributed by atoms with Crippen LogP contribution in [-0.2, 0) is 36.8 Å². The molecule has 0 aliphatic carbocycles. The fourth-order valence-electron chi connectivity index (χ4n) is 4.58. The molecule has 0 saturated carbocycles. The highest BCUT2D eigenvalue weighted by atomic mass is 16.4. The molecule has 3 rings (SSSR count). The summed E-state index contributed by atoms with van der Waals surface area (Å²) >= 11 is 0. The highest BCUT2D eigenvalue weighted by molar-refractivity contribution is 5.95. The lowest BCUT2D eigenvalue weighted by molar-refractivity contribution is -0.142. The SMILES string of the molecule is CC(C)C(NC(=O)C(N)Cc1ccc(O)cc1)C(=O)NC(Cc1c[nH]c2ccccc12)C(=O)NC(CCC(N)=O)C(=O)O. The van der Waals surface area contributed by atoms with Crippen molar-refractivity contribution < 1.29 is 34.2 Å². The zero-order valence-corrected chi connectivity index (χ0v) is 24.0. The number of rotatable bonds is 15. The Hall–Kier alpha value is -4.91. The van der Waals surface area contributed by atoms with Crippen LogP contribution in [0.15, 0.2) is 54.7 Å². The highest BCUT2D eigenvalue weighted by Gasteiger charge is 2.32. The van der Waals surface area contributed by atoms with Gasteiger partial charge in [-0.05, 0) is 48.1 Å². The molecule has 230 valence electrons. The number of aromatic nitrogens is 1. The Kier molecular flexibility index (Phi) is 11.2. The van der Waals surface area contributed by atoms with Gasteiger partial charge in [0.05, 0.1) is 6.04 Å². The molecule has 4 atom stereocenters. The summed E-state index contributed by atoms with van der Waals surface area (Å²) in [5.74, 6) is -4.43. The van der Waals surface area contributed by atoms with Crippen molar-refractivity contribution in [3.05, 3.63) is 65.9 Å². The third-order valence-corrected chi connectivity index (χ3v) is 7.00. The summed E-state index contributed by atoms with van der Waals surface area (Å²) in [5.41, 5.74) is 13.5. The quantitative estimate of drug-likeness (QED) is 0.123. The Labute approximate surface area is 248 Å². The number of benzene rings is 2. The average Bonchev–Trinajstić information content (AvgIpc) is 3.36. The van der Waals surface area contributed by atoms with E-state index >= 15 is 0 Å². The molecule has 0 radical (unpaired) electrons. The number of carbonyl (C=O) groups is 5. The van der Waals surface area contributed by atoms with Crippen molar-refractivity contribution >= 4 is 40.5 Å². The largest absolute Gasteiger partial charge is 0.508 e. The van der Waals surface area contributed by atoms with Crippen LogP contribution in [0, 0.1) is 5.92 Å². The number of nitrogens with two attached hydrogens (primary N) is 2. The van der Waals surface area contributed by atoms with Gasteiger partial charge in [-0.15, -0.1) is 0 Å². The van der Waals surface area contributed by atoms with Crippen LogP contribution in [0.2, 0.25) is 0 Å². The Morgan fingerprint density at radius 1 is 0.860 bits per heavy atom. The van der Waals surface area contributed by atoms with E-state index in [0.29, 0.717) is 11.1 Å². The molecule has 0 spiro atoms. The molecule has 0 fully saturated rings. The number of hydrogen-bond acceptors (Lipinski definition) is 7. The monoisotopic (exact) mass is 594 g/mol. The van der Waals surface area contributed by atoms with E-state index in [0.717, 1.165) is 10.9 Å². The number of aromatic amines is 1. The molecule has 3 aromatic rings. The lowest BCUT2D eigenvalue weighted by Gasteiger charge is -2.27. The fourth-order valence-corrected chi connectivity index (χ4v) is 4.58. The van der Waals surface area contributed by atoms with Gasteiger partial charge in [0.2, 0.25) is 23.6 Å². The van der Waals surface area contributed by atoms with Crippen molar-refractivity contribution in [2.75, 3.05) is 0 Å². The Morgan fingerprint density at radius 2 is 1.51 bits per heavy atom. The first-order valence-corrected chi connectivity index (χ1v) is 13.9. The Morgan fingerprint density at radius 3 is 2.14 bits per heavy atom. The molecule has 0 aliphatic heterocycles. The lowest BCUT2D eigenvalue weighted by Crippen LogP contribution is -2.59. The molecule has 2 aromatic carbocycles. The number of aromatic hydroxyl groups is 1. The van der Waals surface area contributed by atoms with Crippen LogP contribution in [0.25, 0.3) is 10.9 Å². The molecule has 43 heavy (non-hydrogen) atoms. The van der Waals surface area contributed by atoms with Crippen LogP contribution < -0.4 is 27.4 Å². The number of aliphatic carboxylic acids is 1. The number of hydrogen-bond donors (Lipinski definition) is 8. The van der Waals surface area contributed by atoms with Crippen molar-refractivity contribution in [2.45, 2.75) is 63.7 Å². The van der Waals surface area contributed by atoms with E-state index in [-0.39, 0.29) is 31.4 Å². The van der Waals surface area contributed by atoms with Gasteiger partial charge in [-0.3, -0.25) is 19.2 Å². The summed E-state index contributed by atoms with van der Waals surface area (Å²) in [7, 11) is 0. The number of para-hydroxylation sites is 1. The van der Waals surface area contributed by atoms with E-state index in [2.05, 4.69) is 20.9 Å². The predicted octanol–water partition coefficient (Wildman–Crippen LogP) is 0.447. The summed E-state index contributed by atoms with van der Waals surface area (Å²) in [5, 5.41) is 27.6. The van der Waals surface area contributed by atoms with Crippen LogP contribution >= 0.6 is 0 Å². The highest BCUT2D eigenvalue weighted by Crippen LogP contribution is 2.20. The van der Waals surface area contributed by atoms with E-state index in [1.165, 1.54) is 12.1 Å². The maximum absolute atomic E-state index is 13.5. The third-order valence-electron chi connectivity index (χ3n) is 7.00. The predicted molar refractivity (Wildman–Crippen MR) is 158 cm³/mol. The molecule has 13 heteroatoms. The van der Waals surface area contributed by atoms with Gasteiger partial charge < -0.3 is 42.6 Å². The number of phenols is 1. The summed E-state index contributed by atoms with van der Waals surface area (Å²) in [6.07, 6.45) is 1.37. The number of carboxylic acids is 1. The van der Waals surface area contributed by atoms with E-state index in [1.807, 2.05) is 24.3 Å². The molecule has 4 unspecified atom stereocenters. The van der Waals surface area contributed by atoms with E-state index in [4.69, 9.17) is 11.5 Å². The maximum atomic E-state index is 13.5. The van der Waals surface area contributed by atoms with Gasteiger partial charge in [0.15, 0.2) is 0 Å². The van der Waals surface area contributed by atoms with Crippen LogP contribution in [0.3, 0.4) is 0 Å². The number of carbonyl (C=O) groups excluding carboxylic acids is 4. The number of primary amides is 1. The minimum Gasteiger partial charge on any atom is -0.508 e. The first-order chi connectivity index (χ1) is 20.3. The van der Waals surface area contributed by atoms with E-state index in [9.17, 15) is 34.2 Å². The number of fused-ring (bicyclic) bond motifs is 1. The number of carboxylic acid groups (broad SMARTS) is 1. The molecular weight excluding hydrogens is 556 g/mol. The van der Waals surface area contributed by atoms with Gasteiger partial charge in [0.1, 0.15) is 23.9 Å². The van der Waals surface area contributed by atoms with Crippen LogP contribution in [0.5, 0.6) is 5.75 Å². The van der Waals surface area contributed by atoms with Crippen molar-refractivity contribution in [2.24, 2.45) is 17.4 Å². The topological polar surface area (TPSA) is 230 Å². The van der Waals surface area contributed by atoms with Crippen LogP contribution in [0.1, 0.15) is 37.8 Å². The molecule has 4 amide bonds. The van der Waals surface area contributed by atoms with Gasteiger partial charge in [-0.2, -0.15) is 0 Å². The summed E-state index contributed by atoms with van der Waals surface area (Å²) < 4.78 is 0. The first kappa shape index (κ1) is 32.6. The van der Waals surface area contributed by atoms with Gasteiger partial charge >= 0.3 is 5.97 Å². The summed E-state index contributed by atoms with van der Waals surface area (Å²) in [6.45, 7) is 3.43. The molecule has 10 N–H and O–H groups in total. The third kappa shape index (κ3) is 9.30. The summed E-state index contributed by atoms with van der Waals surface area (Å²) in [6, 6.07) is 8.88. The fraction of sp³-hybridized carbons (Fsp3) is 0.367. The number of amides is 4. The minimum atomic E-state index is -1.42. The molecule has 0 bridgehead atoms. The van der Waals surface area contributed by atoms with Gasteiger partial charge in [0.25, 0.3) is 0 Å². The van der Waals surface area contributed by atoms with Gasteiger partial charge in [-0.25, -0.2) is 4.79 Å². The van der Waals surface area contributed by atoms with Crippen molar-refractivity contribution in [3.63, 3.8) is 0 Å². The van der Waals surface area contributed by atoms with Crippen LogP contribution in [0.4, 0.5) is 0 Å². The molecule has 1 aromatic heterocycles. The van der Waals surface area contributed by atoms with Crippen molar-refractivity contribution in [3.8, 4) is 5.75 Å². The molecule has 0 saturated heterocycles. The Bertz CT molecular complexity index is 1450. The lowest BCUT2D eigenvalue weighted by atomic mass is 9.99. The Balaban J connectivity index is 1.79. The second kappa shape index (κ2) is 14.8. The van der Waals surface area contributed by atoms with Gasteiger partial charge in [0, 0.05) is 29.9 Å². The second-order valence-corrected chi connectivity index (χ2v) is 10.7. The normalized spacial score (nSPS) is 14.0. The molecule has 1 heterocycles. The molecule has 13 nitrogen and oxygen atoms in total. The zero-order valence-electron chi connectivity index (χ0n) is 24.0. The minimum absolute atomic E-state index is 0.00285. The van der Waals surface area contributed by atoms with Crippen molar-refractivity contribution in [1.29, 1.82) is 0 Å². The number of phenolic OH excluding ortho intramolecular Hbond substituents is 1. The van der Waals surface area contributed by atoms with Crippen molar-refractivity contribution in [1.82, 2.24) is 20.9 Å². The van der Waals surface area contributed by atoms with Crippen LogP contribution in [-0.4, -0.2) is 69.0 Å². The number of H-pyrrole nitrogens is 1. The standard InChI is InChI=1S/C30H38N6O7/c1-16(2)26(36-27(39)21(31)13-17-7-9-19(37)10-8-17)29(41)35-24(14-18-15-33-22-6-4-3-5-20(18)22)28(40)34-23(30(42)43)11-12-25(32)38/h3-10,15-16,21,23-24,26,33,37H,11-14,31H2,1-2H3,(H2,32,38)(H,34,40)(H,35,41)(H,36,39)(H,42,43). The summed E-state index contributed by atoms with van der Waals surface area (Å²) in [4.78, 5) is 66.0. The van der Waals surface area contributed by atoms with E-state index in [1.54, 1.807) is 32.2 Å². The average molecular weight is 595 g/mol. The van der Waals surface area contributed by atoms with E-state index < -0.39 is 59.7 Å². The smallest absolute Gasteiger partial charge is 0.326 e. The first-order valence-electron chi connectivity index (χ1n) is 13.9. The van der Waals surface area contributed by atoms with Gasteiger partial charge in [-0.1, -0.05) is 44.2 Å².